The van der Waals surface area contributed by atoms with Gasteiger partial charge in [-0.1, -0.05) is 18.6 Å². The molecule has 0 aromatic heterocycles. The molecule has 3 heteroatoms. The van der Waals surface area contributed by atoms with Gasteiger partial charge in [0, 0.05) is 5.57 Å². The van der Waals surface area contributed by atoms with Crippen molar-refractivity contribution in [2.24, 2.45) is 5.92 Å². The van der Waals surface area contributed by atoms with E-state index in [4.69, 9.17) is 0 Å². The summed E-state index contributed by atoms with van der Waals surface area (Å²) in [6, 6.07) is 0. The Morgan fingerprint density at radius 1 is 1.31 bits per heavy atom. The van der Waals surface area contributed by atoms with Crippen molar-refractivity contribution in [3.05, 3.63) is 22.8 Å². The van der Waals surface area contributed by atoms with Gasteiger partial charge < -0.3 is 0 Å². The highest BCUT2D eigenvalue weighted by Crippen LogP contribution is 2.39. The zero-order valence-electron chi connectivity index (χ0n) is 8.00. The summed E-state index contributed by atoms with van der Waals surface area (Å²) in [7, 11) is 0. The third kappa shape index (κ3) is 2.14. The molecular formula is C10H13F3. The van der Waals surface area contributed by atoms with Gasteiger partial charge in [-0.15, -0.1) is 0 Å². The summed E-state index contributed by atoms with van der Waals surface area (Å²) in [5.74, 6) is -0.398. The number of hydrogen-bond acceptors (Lipinski definition) is 0. The minimum atomic E-state index is -4.17. The molecule has 0 saturated carbocycles. The molecule has 0 bridgehead atoms. The monoisotopic (exact) mass is 190 g/mol. The molecule has 13 heavy (non-hydrogen) atoms. The summed E-state index contributed by atoms with van der Waals surface area (Å²) >= 11 is 0. The first-order chi connectivity index (χ1) is 5.82. The Balaban J connectivity index is 3.12. The lowest BCUT2D eigenvalue weighted by molar-refractivity contribution is -0.0992. The fourth-order valence-electron chi connectivity index (χ4n) is 1.98. The quantitative estimate of drug-likeness (QED) is 0.544. The van der Waals surface area contributed by atoms with Gasteiger partial charge >= 0.3 is 6.18 Å². The lowest BCUT2D eigenvalue weighted by Gasteiger charge is -2.25. The van der Waals surface area contributed by atoms with Crippen molar-refractivity contribution in [2.75, 3.05) is 0 Å². The molecule has 74 valence electrons. The van der Waals surface area contributed by atoms with Crippen LogP contribution in [0.15, 0.2) is 22.8 Å². The molecule has 0 nitrogen and oxygen atoms in total. The second kappa shape index (κ2) is 3.20. The molecule has 0 saturated heterocycles. The van der Waals surface area contributed by atoms with E-state index in [0.29, 0.717) is 12.0 Å². The van der Waals surface area contributed by atoms with Crippen LogP contribution < -0.4 is 0 Å². The second-order valence-corrected chi connectivity index (χ2v) is 3.69. The zero-order valence-corrected chi connectivity index (χ0v) is 8.00. The Kier molecular flexibility index (Phi) is 2.55. The highest BCUT2D eigenvalue weighted by molar-refractivity contribution is 5.35. The number of halogens is 3. The van der Waals surface area contributed by atoms with E-state index in [1.807, 2.05) is 6.92 Å². The fourth-order valence-corrected chi connectivity index (χ4v) is 1.98. The van der Waals surface area contributed by atoms with E-state index in [1.54, 1.807) is 13.0 Å². The highest BCUT2D eigenvalue weighted by atomic mass is 19.4. The maximum Gasteiger partial charge on any atom is 0.413 e. The van der Waals surface area contributed by atoms with E-state index in [0.717, 1.165) is 5.57 Å². The van der Waals surface area contributed by atoms with Gasteiger partial charge in [0.1, 0.15) is 0 Å². The molecule has 0 aromatic rings. The van der Waals surface area contributed by atoms with Crippen molar-refractivity contribution in [1.29, 1.82) is 0 Å². The lowest BCUT2D eigenvalue weighted by Crippen LogP contribution is -2.22. The average Bonchev–Trinajstić information content (AvgIpc) is 1.78. The van der Waals surface area contributed by atoms with Crippen molar-refractivity contribution in [3.8, 4) is 0 Å². The largest absolute Gasteiger partial charge is 0.413 e. The maximum absolute atomic E-state index is 12.5. The normalized spacial score (nSPS) is 24.8. The van der Waals surface area contributed by atoms with Gasteiger partial charge in [-0.05, 0) is 31.8 Å². The van der Waals surface area contributed by atoms with Gasteiger partial charge in [-0.2, -0.15) is 13.2 Å². The van der Waals surface area contributed by atoms with Crippen LogP contribution in [0.25, 0.3) is 0 Å². The van der Waals surface area contributed by atoms with Gasteiger partial charge in [-0.25, -0.2) is 0 Å². The van der Waals surface area contributed by atoms with Gasteiger partial charge in [0.05, 0.1) is 0 Å². The van der Waals surface area contributed by atoms with Crippen LogP contribution in [0, 0.1) is 5.92 Å². The van der Waals surface area contributed by atoms with E-state index in [-0.39, 0.29) is 5.57 Å². The van der Waals surface area contributed by atoms with Gasteiger partial charge in [0.2, 0.25) is 0 Å². The lowest BCUT2D eigenvalue weighted by atomic mass is 9.85. The molecule has 0 radical (unpaired) electrons. The van der Waals surface area contributed by atoms with Crippen LogP contribution in [0.1, 0.15) is 27.2 Å². The summed E-state index contributed by atoms with van der Waals surface area (Å²) in [6.45, 7) is 5.03. The molecule has 0 aliphatic heterocycles. The van der Waals surface area contributed by atoms with Crippen LogP contribution in [0.2, 0.25) is 0 Å². The number of allylic oxidation sites excluding steroid dienone is 4. The molecule has 0 N–H and O–H groups in total. The summed E-state index contributed by atoms with van der Waals surface area (Å²) < 4.78 is 37.4. The van der Waals surface area contributed by atoms with Gasteiger partial charge in [0.25, 0.3) is 0 Å². The maximum atomic E-state index is 12.5. The van der Waals surface area contributed by atoms with Crippen molar-refractivity contribution < 1.29 is 13.2 Å². The van der Waals surface area contributed by atoms with Gasteiger partial charge in [0.15, 0.2) is 0 Å². The van der Waals surface area contributed by atoms with E-state index in [2.05, 4.69) is 0 Å². The molecule has 0 fully saturated rings. The summed E-state index contributed by atoms with van der Waals surface area (Å²) in [4.78, 5) is 0. The van der Waals surface area contributed by atoms with Crippen LogP contribution in [-0.2, 0) is 0 Å². The van der Waals surface area contributed by atoms with Crippen molar-refractivity contribution in [1.82, 2.24) is 0 Å². The van der Waals surface area contributed by atoms with Crippen molar-refractivity contribution in [2.45, 2.75) is 33.4 Å². The van der Waals surface area contributed by atoms with Crippen LogP contribution in [0.4, 0.5) is 13.2 Å². The first kappa shape index (κ1) is 10.4. The third-order valence-corrected chi connectivity index (χ3v) is 2.31. The Labute approximate surface area is 76.1 Å². The minimum Gasteiger partial charge on any atom is -0.166 e. The highest BCUT2D eigenvalue weighted by Gasteiger charge is 2.39. The standard InChI is InChI=1S/C10H13F3/c1-6-4-7(2)9(8(3)5-6)10(11,12)13/h4,8H,5H2,1-3H3. The molecule has 0 heterocycles. The molecule has 1 rings (SSSR count). The van der Waals surface area contributed by atoms with Gasteiger partial charge in [-0.3, -0.25) is 0 Å². The Hall–Kier alpha value is -0.730. The zero-order chi connectivity index (χ0) is 10.2. The second-order valence-electron chi connectivity index (χ2n) is 3.69. The molecule has 1 unspecified atom stereocenters. The summed E-state index contributed by atoms with van der Waals surface area (Å²) in [5, 5.41) is 0. The first-order valence-corrected chi connectivity index (χ1v) is 4.27. The fraction of sp³-hybridized carbons (Fsp3) is 0.600. The Bertz CT molecular complexity index is 268. The molecular weight excluding hydrogens is 177 g/mol. The predicted octanol–water partition coefficient (Wildman–Crippen LogP) is 3.85. The van der Waals surface area contributed by atoms with Crippen LogP contribution in [0.5, 0.6) is 0 Å². The first-order valence-electron chi connectivity index (χ1n) is 4.27. The molecule has 0 spiro atoms. The number of rotatable bonds is 0. The number of hydrogen-bond donors (Lipinski definition) is 0. The molecule has 1 aliphatic carbocycles. The Morgan fingerprint density at radius 2 is 1.85 bits per heavy atom. The molecule has 0 aromatic carbocycles. The molecule has 0 amide bonds. The molecule has 1 atom stereocenters. The Morgan fingerprint density at radius 3 is 2.23 bits per heavy atom. The van der Waals surface area contributed by atoms with Crippen LogP contribution in [-0.4, -0.2) is 6.18 Å². The number of alkyl halides is 3. The predicted molar refractivity (Wildman–Crippen MR) is 46.3 cm³/mol. The van der Waals surface area contributed by atoms with E-state index >= 15 is 0 Å². The summed E-state index contributed by atoms with van der Waals surface area (Å²) in [6.07, 6.45) is -2.02. The van der Waals surface area contributed by atoms with Crippen LogP contribution >= 0.6 is 0 Å². The van der Waals surface area contributed by atoms with Crippen molar-refractivity contribution >= 4 is 0 Å². The minimum absolute atomic E-state index is 0.363. The SMILES string of the molecule is CC1=CC(C)=C(C(F)(F)F)C(C)C1. The van der Waals surface area contributed by atoms with Crippen molar-refractivity contribution in [3.63, 3.8) is 0 Å². The third-order valence-electron chi connectivity index (χ3n) is 2.31. The smallest absolute Gasteiger partial charge is 0.166 e. The van der Waals surface area contributed by atoms with Crippen LogP contribution in [0.3, 0.4) is 0 Å². The summed E-state index contributed by atoms with van der Waals surface area (Å²) in [5.41, 5.74) is 1.03. The van der Waals surface area contributed by atoms with E-state index in [1.165, 1.54) is 6.92 Å². The van der Waals surface area contributed by atoms with E-state index in [9.17, 15) is 13.2 Å². The van der Waals surface area contributed by atoms with E-state index < -0.39 is 12.1 Å². The average molecular weight is 190 g/mol. The topological polar surface area (TPSA) is 0 Å². The molecule has 1 aliphatic rings.